The van der Waals surface area contributed by atoms with E-state index in [0.717, 1.165) is 38.5 Å². The van der Waals surface area contributed by atoms with Gasteiger partial charge in [-0.15, -0.1) is 0 Å². The van der Waals surface area contributed by atoms with Gasteiger partial charge in [0.15, 0.2) is 0 Å². The lowest BCUT2D eigenvalue weighted by atomic mass is 10.0. The van der Waals surface area contributed by atoms with Crippen LogP contribution in [0.2, 0.25) is 12.6 Å². The van der Waals surface area contributed by atoms with E-state index in [0.29, 0.717) is 24.4 Å². The fourth-order valence-electron chi connectivity index (χ4n) is 6.49. The SMILES string of the molecule is CCCCCCCCCCCCCCCCCC(=O)O[Si](C)(CCCC)OC(=O)CCCCCCCCCCCCCCCCC.OC=S. The summed E-state index contributed by atoms with van der Waals surface area (Å²) in [5.41, 5.74) is 0.583. The van der Waals surface area contributed by atoms with Crippen LogP contribution in [0.5, 0.6) is 0 Å². The second-order valence-electron chi connectivity index (χ2n) is 14.7. The fourth-order valence-corrected chi connectivity index (χ4v) is 8.89. The Morgan fingerprint density at radius 1 is 0.449 bits per heavy atom. The van der Waals surface area contributed by atoms with Gasteiger partial charge in [-0.3, -0.25) is 9.59 Å². The first-order valence-electron chi connectivity index (χ1n) is 21.4. The van der Waals surface area contributed by atoms with Crippen molar-refractivity contribution in [2.75, 3.05) is 0 Å². The van der Waals surface area contributed by atoms with E-state index in [1.807, 2.05) is 6.55 Å². The summed E-state index contributed by atoms with van der Waals surface area (Å²) in [6.45, 7) is 8.60. The lowest BCUT2D eigenvalue weighted by molar-refractivity contribution is -0.141. The number of unbranched alkanes of at least 4 members (excludes halogenated alkanes) is 29. The molecule has 0 aliphatic heterocycles. The highest BCUT2D eigenvalue weighted by Gasteiger charge is 2.38. The van der Waals surface area contributed by atoms with Gasteiger partial charge >= 0.3 is 8.56 Å². The highest BCUT2D eigenvalue weighted by molar-refractivity contribution is 7.78. The number of carbonyl (C=O) groups excluding carboxylic acids is 2. The first-order chi connectivity index (χ1) is 23.9. The molecule has 0 saturated heterocycles. The van der Waals surface area contributed by atoms with Crippen molar-refractivity contribution in [2.45, 2.75) is 252 Å². The summed E-state index contributed by atoms with van der Waals surface area (Å²) in [7, 11) is -2.81. The Labute approximate surface area is 312 Å². The highest BCUT2D eigenvalue weighted by atomic mass is 32.1. The summed E-state index contributed by atoms with van der Waals surface area (Å²) >= 11 is 3.82. The molecule has 0 aromatic heterocycles. The Bertz CT molecular complexity index is 657. The molecular formula is C42H84O5SSi. The molecule has 0 aliphatic carbocycles. The number of hydrogen-bond acceptors (Lipinski definition) is 5. The largest absolute Gasteiger partial charge is 0.504 e. The van der Waals surface area contributed by atoms with Crippen LogP contribution in [0.1, 0.15) is 239 Å². The van der Waals surface area contributed by atoms with E-state index in [2.05, 4.69) is 33.0 Å². The van der Waals surface area contributed by atoms with Crippen molar-refractivity contribution >= 4 is 38.3 Å². The standard InChI is InChI=1S/C41H82O4Si.CH2OS/c1-5-8-11-13-15-17-19-21-23-25-27-29-31-33-35-37-40(42)44-46(4,39-10-7-3)45-41(43)38-36-34-32-30-28-26-24-22-20-18-16-14-12-9-6-2;2-1-3/h5-39H2,1-4H3;1H,(H,2,3). The lowest BCUT2D eigenvalue weighted by Crippen LogP contribution is -2.42. The van der Waals surface area contributed by atoms with Gasteiger partial charge in [-0.2, -0.15) is 0 Å². The number of aliphatic hydroxyl groups is 1. The average molecular weight is 729 g/mol. The van der Waals surface area contributed by atoms with E-state index in [-0.39, 0.29) is 11.9 Å². The number of aliphatic hydroxyl groups excluding tert-OH is 1. The summed E-state index contributed by atoms with van der Waals surface area (Å²) in [5, 5.41) is 7.26. The number of hydrogen-bond donors (Lipinski definition) is 1. The maximum atomic E-state index is 12.7. The molecule has 0 saturated carbocycles. The molecule has 0 rings (SSSR count). The maximum absolute atomic E-state index is 12.7. The van der Waals surface area contributed by atoms with E-state index in [1.54, 1.807) is 0 Å². The molecule has 292 valence electrons. The van der Waals surface area contributed by atoms with Crippen LogP contribution in [0.25, 0.3) is 0 Å². The fraction of sp³-hybridized carbons (Fsp3) is 0.929. The highest BCUT2D eigenvalue weighted by Crippen LogP contribution is 2.21. The van der Waals surface area contributed by atoms with Gasteiger partial charge in [-0.05, 0) is 31.5 Å². The van der Waals surface area contributed by atoms with Gasteiger partial charge in [0.2, 0.25) is 0 Å². The molecule has 0 spiro atoms. The molecule has 0 fully saturated rings. The molecule has 0 amide bonds. The Kier molecular flexibility index (Phi) is 42.4. The average Bonchev–Trinajstić information content (AvgIpc) is 3.07. The summed E-state index contributed by atoms with van der Waals surface area (Å²) in [6, 6.07) is 0.707. The van der Waals surface area contributed by atoms with Crippen molar-refractivity contribution in [2.24, 2.45) is 0 Å². The van der Waals surface area contributed by atoms with Gasteiger partial charge in [-0.25, -0.2) is 0 Å². The maximum Gasteiger partial charge on any atom is 0.461 e. The molecule has 5 nitrogen and oxygen atoms in total. The van der Waals surface area contributed by atoms with E-state index in [4.69, 9.17) is 14.0 Å². The van der Waals surface area contributed by atoms with Crippen molar-refractivity contribution in [1.82, 2.24) is 0 Å². The summed E-state index contributed by atoms with van der Waals surface area (Å²) in [5.74, 6) is -0.334. The summed E-state index contributed by atoms with van der Waals surface area (Å²) in [6.07, 6.45) is 42.2. The zero-order valence-electron chi connectivity index (χ0n) is 33.3. The summed E-state index contributed by atoms with van der Waals surface area (Å²) in [4.78, 5) is 25.3. The third-order valence-electron chi connectivity index (χ3n) is 9.61. The molecule has 1 N–H and O–H groups in total. The van der Waals surface area contributed by atoms with Crippen LogP contribution in [0, 0.1) is 0 Å². The van der Waals surface area contributed by atoms with Crippen molar-refractivity contribution < 1.29 is 23.5 Å². The third-order valence-corrected chi connectivity index (χ3v) is 12.2. The predicted octanol–water partition coefficient (Wildman–Crippen LogP) is 15.0. The van der Waals surface area contributed by atoms with Gasteiger partial charge < -0.3 is 14.0 Å². The quantitative estimate of drug-likeness (QED) is 0.0390. The second-order valence-corrected chi connectivity index (χ2v) is 18.1. The van der Waals surface area contributed by atoms with Crippen molar-refractivity contribution in [3.05, 3.63) is 0 Å². The van der Waals surface area contributed by atoms with Crippen LogP contribution in [0.15, 0.2) is 0 Å². The molecular weight excluding hydrogens is 645 g/mol. The first kappa shape index (κ1) is 50.2. The normalized spacial score (nSPS) is 11.2. The number of carbonyl (C=O) groups is 2. The zero-order chi connectivity index (χ0) is 36.5. The smallest absolute Gasteiger partial charge is 0.461 e. The van der Waals surface area contributed by atoms with Crippen LogP contribution in [0.4, 0.5) is 0 Å². The molecule has 0 aromatic carbocycles. The Balaban J connectivity index is 0. The molecule has 7 heteroatoms. The molecule has 0 radical (unpaired) electrons. The molecule has 0 atom stereocenters. The minimum absolute atomic E-state index is 0.167. The number of rotatable bonds is 37. The van der Waals surface area contributed by atoms with Crippen LogP contribution in [0.3, 0.4) is 0 Å². The van der Waals surface area contributed by atoms with Crippen LogP contribution < -0.4 is 0 Å². The lowest BCUT2D eigenvalue weighted by Gasteiger charge is -2.26. The third kappa shape index (κ3) is 41.4. The minimum atomic E-state index is -2.81. The zero-order valence-corrected chi connectivity index (χ0v) is 35.1. The van der Waals surface area contributed by atoms with Crippen molar-refractivity contribution in [3.8, 4) is 0 Å². The summed E-state index contributed by atoms with van der Waals surface area (Å²) < 4.78 is 11.8. The van der Waals surface area contributed by atoms with Crippen LogP contribution in [-0.4, -0.2) is 31.2 Å². The Morgan fingerprint density at radius 2 is 0.653 bits per heavy atom. The molecule has 0 aromatic rings. The van der Waals surface area contributed by atoms with E-state index in [1.165, 1.54) is 167 Å². The Hall–Kier alpha value is -0.953. The van der Waals surface area contributed by atoms with Gasteiger partial charge in [0.25, 0.3) is 11.9 Å². The Morgan fingerprint density at radius 3 is 0.878 bits per heavy atom. The van der Waals surface area contributed by atoms with Crippen LogP contribution in [-0.2, 0) is 18.4 Å². The minimum Gasteiger partial charge on any atom is -0.504 e. The van der Waals surface area contributed by atoms with E-state index in [9.17, 15) is 9.59 Å². The van der Waals surface area contributed by atoms with Crippen molar-refractivity contribution in [1.29, 1.82) is 0 Å². The first-order valence-corrected chi connectivity index (χ1v) is 24.4. The molecule has 0 aliphatic rings. The van der Waals surface area contributed by atoms with E-state index < -0.39 is 8.56 Å². The van der Waals surface area contributed by atoms with Gasteiger partial charge in [0.05, 0.1) is 0 Å². The van der Waals surface area contributed by atoms with Gasteiger partial charge in [0.1, 0.15) is 5.55 Å². The van der Waals surface area contributed by atoms with E-state index >= 15 is 0 Å². The monoisotopic (exact) mass is 729 g/mol. The molecule has 0 unspecified atom stereocenters. The molecule has 0 bridgehead atoms. The predicted molar refractivity (Wildman–Crippen MR) is 219 cm³/mol. The van der Waals surface area contributed by atoms with Crippen molar-refractivity contribution in [3.63, 3.8) is 0 Å². The second kappa shape index (κ2) is 41.5. The topological polar surface area (TPSA) is 72.8 Å². The van der Waals surface area contributed by atoms with Gasteiger partial charge in [0, 0.05) is 25.4 Å². The number of thiocarbonyl (C=S) groups is 1. The van der Waals surface area contributed by atoms with Gasteiger partial charge in [-0.1, -0.05) is 207 Å². The van der Waals surface area contributed by atoms with Crippen LogP contribution >= 0.6 is 12.2 Å². The molecule has 49 heavy (non-hydrogen) atoms. The molecule has 0 heterocycles.